The lowest BCUT2D eigenvalue weighted by Gasteiger charge is -2.34. The molecule has 1 saturated carbocycles. The minimum atomic E-state index is -0.449. The van der Waals surface area contributed by atoms with Crippen molar-refractivity contribution in [3.05, 3.63) is 35.9 Å². The molecule has 0 spiro atoms. The molecule has 1 amide bonds. The number of benzene rings is 1. The van der Waals surface area contributed by atoms with Gasteiger partial charge in [0.1, 0.15) is 5.60 Å². The second kappa shape index (κ2) is 6.64. The van der Waals surface area contributed by atoms with Gasteiger partial charge in [0.2, 0.25) is 0 Å². The molecule has 1 N–H and O–H groups in total. The van der Waals surface area contributed by atoms with Crippen LogP contribution in [0.4, 0.5) is 4.79 Å². The highest BCUT2D eigenvalue weighted by Gasteiger charge is 2.55. The molecule has 2 unspecified atom stereocenters. The van der Waals surface area contributed by atoms with Crippen LogP contribution in [0.25, 0.3) is 0 Å². The number of likely N-dealkylation sites (tertiary alicyclic amines) is 1. The average molecular weight is 344 g/mol. The first-order chi connectivity index (χ1) is 11.7. The first kappa shape index (κ1) is 18.2. The molecule has 4 heteroatoms. The average Bonchev–Trinajstić information content (AvgIpc) is 3.19. The third-order valence-electron chi connectivity index (χ3n) is 5.83. The van der Waals surface area contributed by atoms with Crippen LogP contribution in [0, 0.1) is 5.92 Å². The Bertz CT molecular complexity index is 604. The van der Waals surface area contributed by atoms with Crippen molar-refractivity contribution >= 4 is 6.09 Å². The van der Waals surface area contributed by atoms with Gasteiger partial charge in [0.25, 0.3) is 0 Å². The predicted molar refractivity (Wildman–Crippen MR) is 100 cm³/mol. The summed E-state index contributed by atoms with van der Waals surface area (Å²) in [6.45, 7) is 11.4. The summed E-state index contributed by atoms with van der Waals surface area (Å²) >= 11 is 0. The predicted octanol–water partition coefficient (Wildman–Crippen LogP) is 4.52. The lowest BCUT2D eigenvalue weighted by Crippen LogP contribution is -2.48. The molecule has 1 heterocycles. The zero-order valence-corrected chi connectivity index (χ0v) is 16.2. The van der Waals surface area contributed by atoms with Gasteiger partial charge in [-0.05, 0) is 71.9 Å². The van der Waals surface area contributed by atoms with E-state index in [0.29, 0.717) is 18.0 Å². The normalized spacial score (nSPS) is 26.9. The van der Waals surface area contributed by atoms with Gasteiger partial charge in [0.05, 0.1) is 0 Å². The van der Waals surface area contributed by atoms with Crippen LogP contribution in [0.15, 0.2) is 30.3 Å². The highest BCUT2D eigenvalue weighted by Crippen LogP contribution is 2.50. The van der Waals surface area contributed by atoms with Crippen molar-refractivity contribution in [2.75, 3.05) is 6.54 Å². The first-order valence-corrected chi connectivity index (χ1v) is 9.54. The van der Waals surface area contributed by atoms with Gasteiger partial charge in [-0.3, -0.25) is 4.90 Å². The van der Waals surface area contributed by atoms with Crippen LogP contribution in [0.3, 0.4) is 0 Å². The van der Waals surface area contributed by atoms with E-state index in [-0.39, 0.29) is 11.6 Å². The Morgan fingerprint density at radius 3 is 2.48 bits per heavy atom. The maximum Gasteiger partial charge on any atom is 0.408 e. The van der Waals surface area contributed by atoms with Crippen molar-refractivity contribution in [2.24, 2.45) is 5.92 Å². The number of alkyl carbamates (subject to hydrolysis) is 1. The summed E-state index contributed by atoms with van der Waals surface area (Å²) in [5.74, 6) is 0.492. The Morgan fingerprint density at radius 1 is 1.28 bits per heavy atom. The standard InChI is InChI=1S/C21H32N2O2/c1-15(17-9-7-6-8-10-17)23-14-11-18(16(23)2)21(12-13-21)22-19(24)25-20(3,4)5/h6-10,15-16,18H,11-14H2,1-5H3,(H,22,24)/t15-,16?,18?/m1/s1. The Balaban J connectivity index is 1.65. The minimum Gasteiger partial charge on any atom is -0.444 e. The number of carbonyl (C=O) groups excluding carboxylic acids is 1. The second-order valence-corrected chi connectivity index (χ2v) is 8.74. The molecular formula is C21H32N2O2. The number of carbonyl (C=O) groups is 1. The molecule has 0 aromatic heterocycles. The summed E-state index contributed by atoms with van der Waals surface area (Å²) in [4.78, 5) is 14.8. The van der Waals surface area contributed by atoms with E-state index in [2.05, 4.69) is 54.4 Å². The molecule has 0 bridgehead atoms. The molecule has 25 heavy (non-hydrogen) atoms. The number of hydrogen-bond acceptors (Lipinski definition) is 3. The van der Waals surface area contributed by atoms with Gasteiger partial charge in [-0.1, -0.05) is 30.3 Å². The number of rotatable bonds is 4. The molecule has 1 aromatic rings. The molecule has 1 aliphatic carbocycles. The van der Waals surface area contributed by atoms with Crippen LogP contribution in [0.1, 0.15) is 65.5 Å². The van der Waals surface area contributed by atoms with E-state index in [1.807, 2.05) is 20.8 Å². The summed E-state index contributed by atoms with van der Waals surface area (Å²) < 4.78 is 5.49. The topological polar surface area (TPSA) is 41.6 Å². The molecule has 138 valence electrons. The largest absolute Gasteiger partial charge is 0.444 e. The van der Waals surface area contributed by atoms with Crippen LogP contribution in [-0.2, 0) is 4.74 Å². The number of amides is 1. The van der Waals surface area contributed by atoms with Gasteiger partial charge in [-0.25, -0.2) is 4.79 Å². The molecule has 2 fully saturated rings. The van der Waals surface area contributed by atoms with Crippen molar-refractivity contribution in [2.45, 2.75) is 77.1 Å². The number of nitrogens with zero attached hydrogens (tertiary/aromatic N) is 1. The Kier molecular flexibility index (Phi) is 4.84. The zero-order valence-electron chi connectivity index (χ0n) is 16.2. The molecule has 1 aromatic carbocycles. The van der Waals surface area contributed by atoms with Crippen LogP contribution < -0.4 is 5.32 Å². The number of nitrogens with one attached hydrogen (secondary N) is 1. The van der Waals surface area contributed by atoms with Gasteiger partial charge in [0, 0.05) is 17.6 Å². The molecule has 3 atom stereocenters. The highest BCUT2D eigenvalue weighted by molar-refractivity contribution is 5.69. The van der Waals surface area contributed by atoms with E-state index in [1.54, 1.807) is 0 Å². The van der Waals surface area contributed by atoms with Crippen molar-refractivity contribution in [1.29, 1.82) is 0 Å². The van der Waals surface area contributed by atoms with Crippen LogP contribution >= 0.6 is 0 Å². The lowest BCUT2D eigenvalue weighted by atomic mass is 9.90. The van der Waals surface area contributed by atoms with Gasteiger partial charge in [0.15, 0.2) is 0 Å². The summed E-state index contributed by atoms with van der Waals surface area (Å²) in [5, 5.41) is 3.21. The van der Waals surface area contributed by atoms with E-state index in [1.165, 1.54) is 5.56 Å². The van der Waals surface area contributed by atoms with Crippen LogP contribution in [0.5, 0.6) is 0 Å². The summed E-state index contributed by atoms with van der Waals surface area (Å²) in [6.07, 6.45) is 2.99. The van der Waals surface area contributed by atoms with Gasteiger partial charge >= 0.3 is 6.09 Å². The smallest absolute Gasteiger partial charge is 0.408 e. The fraction of sp³-hybridized carbons (Fsp3) is 0.667. The molecule has 1 saturated heterocycles. The molecule has 1 aliphatic heterocycles. The monoisotopic (exact) mass is 344 g/mol. The third kappa shape index (κ3) is 4.00. The fourth-order valence-electron chi connectivity index (χ4n) is 4.40. The summed E-state index contributed by atoms with van der Waals surface area (Å²) in [6, 6.07) is 11.5. The maximum atomic E-state index is 12.3. The van der Waals surface area contributed by atoms with Gasteiger partial charge < -0.3 is 10.1 Å². The first-order valence-electron chi connectivity index (χ1n) is 9.54. The Morgan fingerprint density at radius 2 is 1.92 bits per heavy atom. The molecule has 0 radical (unpaired) electrons. The Hall–Kier alpha value is -1.55. The van der Waals surface area contributed by atoms with Crippen molar-refractivity contribution in [3.63, 3.8) is 0 Å². The van der Waals surface area contributed by atoms with E-state index >= 15 is 0 Å². The highest BCUT2D eigenvalue weighted by atomic mass is 16.6. The summed E-state index contributed by atoms with van der Waals surface area (Å²) in [5.41, 5.74) is 0.849. The Labute approximate surface area is 151 Å². The minimum absolute atomic E-state index is 0.0626. The molecule has 2 aliphatic rings. The van der Waals surface area contributed by atoms with E-state index < -0.39 is 5.60 Å². The number of hydrogen-bond donors (Lipinski definition) is 1. The second-order valence-electron chi connectivity index (χ2n) is 8.74. The van der Waals surface area contributed by atoms with E-state index in [9.17, 15) is 4.79 Å². The number of ether oxygens (including phenoxy) is 1. The fourth-order valence-corrected chi connectivity index (χ4v) is 4.40. The summed E-state index contributed by atoms with van der Waals surface area (Å²) in [7, 11) is 0. The third-order valence-corrected chi connectivity index (χ3v) is 5.83. The van der Waals surface area contributed by atoms with Gasteiger partial charge in [-0.15, -0.1) is 0 Å². The molecule has 4 nitrogen and oxygen atoms in total. The van der Waals surface area contributed by atoms with E-state index in [0.717, 1.165) is 25.8 Å². The molecule has 3 rings (SSSR count). The molecular weight excluding hydrogens is 312 g/mol. The maximum absolute atomic E-state index is 12.3. The lowest BCUT2D eigenvalue weighted by molar-refractivity contribution is 0.0462. The quantitative estimate of drug-likeness (QED) is 0.873. The van der Waals surface area contributed by atoms with Crippen molar-refractivity contribution in [3.8, 4) is 0 Å². The zero-order chi connectivity index (χ0) is 18.2. The van der Waals surface area contributed by atoms with E-state index in [4.69, 9.17) is 4.74 Å². The van der Waals surface area contributed by atoms with Crippen LogP contribution in [-0.4, -0.2) is 34.7 Å². The van der Waals surface area contributed by atoms with Crippen LogP contribution in [0.2, 0.25) is 0 Å². The van der Waals surface area contributed by atoms with Gasteiger partial charge in [-0.2, -0.15) is 0 Å². The van der Waals surface area contributed by atoms with Crippen molar-refractivity contribution in [1.82, 2.24) is 10.2 Å². The van der Waals surface area contributed by atoms with Crippen molar-refractivity contribution < 1.29 is 9.53 Å². The SMILES string of the molecule is CC1C(C2(NC(=O)OC(C)(C)C)CC2)CCN1[C@H](C)c1ccccc1.